The molecule has 0 spiro atoms. The van der Waals surface area contributed by atoms with Crippen LogP contribution >= 0.6 is 0 Å². The topological polar surface area (TPSA) is 83.1 Å². The molecule has 0 saturated heterocycles. The Morgan fingerprint density at radius 3 is 2.21 bits per heavy atom. The molecule has 0 fully saturated rings. The number of anilines is 1. The molecule has 0 saturated carbocycles. The average Bonchev–Trinajstić information content (AvgIpc) is 2.67. The molecule has 1 N–H and O–H groups in total. The molecule has 0 aliphatic carbocycles. The number of sulfonamides is 1. The minimum absolute atomic E-state index is 0.00729. The molecule has 11 heteroatoms. The van der Waals surface area contributed by atoms with Crippen molar-refractivity contribution < 1.29 is 40.5 Å². The number of methoxy groups -OCH3 is 3. The maximum absolute atomic E-state index is 13.1. The molecular weight excluding hydrogens is 415 g/mol. The number of hydrogen-bond acceptors (Lipinski definition) is 6. The molecule has 2 rings (SSSR count). The normalized spacial score (nSPS) is 11.8. The fourth-order valence-corrected chi connectivity index (χ4v) is 3.59. The van der Waals surface area contributed by atoms with Crippen molar-refractivity contribution in [3.63, 3.8) is 0 Å². The SMILES string of the molecule is COCCOc1ccc(C(F)(F)F)cc1NS(=O)(=O)c1cc(OC)ccc1OC. The van der Waals surface area contributed by atoms with Crippen molar-refractivity contribution in [2.24, 2.45) is 0 Å². The van der Waals surface area contributed by atoms with Gasteiger partial charge in [0.15, 0.2) is 0 Å². The third-order valence-corrected chi connectivity index (χ3v) is 5.14. The van der Waals surface area contributed by atoms with Crippen LogP contribution in [0.1, 0.15) is 5.56 Å². The van der Waals surface area contributed by atoms with Crippen molar-refractivity contribution in [1.29, 1.82) is 0 Å². The maximum Gasteiger partial charge on any atom is 0.416 e. The second-order valence-corrected chi connectivity index (χ2v) is 7.32. The van der Waals surface area contributed by atoms with E-state index in [1.807, 2.05) is 0 Å². The maximum atomic E-state index is 13.1. The van der Waals surface area contributed by atoms with Gasteiger partial charge in [-0.05, 0) is 30.3 Å². The monoisotopic (exact) mass is 435 g/mol. The van der Waals surface area contributed by atoms with Crippen molar-refractivity contribution >= 4 is 15.7 Å². The molecule has 29 heavy (non-hydrogen) atoms. The first-order valence-electron chi connectivity index (χ1n) is 8.20. The number of nitrogens with one attached hydrogen (secondary N) is 1. The third-order valence-electron chi connectivity index (χ3n) is 3.76. The third kappa shape index (κ3) is 5.67. The van der Waals surface area contributed by atoms with E-state index in [1.165, 1.54) is 39.5 Å². The second-order valence-electron chi connectivity index (χ2n) is 5.67. The van der Waals surface area contributed by atoms with Gasteiger partial charge < -0.3 is 18.9 Å². The van der Waals surface area contributed by atoms with E-state index in [1.54, 1.807) is 0 Å². The van der Waals surface area contributed by atoms with E-state index >= 15 is 0 Å². The van der Waals surface area contributed by atoms with E-state index in [0.29, 0.717) is 6.07 Å². The van der Waals surface area contributed by atoms with Crippen molar-refractivity contribution in [2.75, 3.05) is 39.3 Å². The lowest BCUT2D eigenvalue weighted by Gasteiger charge is -2.17. The number of benzene rings is 2. The molecule has 0 atom stereocenters. The fraction of sp³-hybridized carbons (Fsp3) is 0.333. The molecule has 7 nitrogen and oxygen atoms in total. The Kier molecular flexibility index (Phi) is 7.20. The van der Waals surface area contributed by atoms with Crippen molar-refractivity contribution in [2.45, 2.75) is 11.1 Å². The van der Waals surface area contributed by atoms with Gasteiger partial charge in [-0.15, -0.1) is 0 Å². The van der Waals surface area contributed by atoms with E-state index in [0.717, 1.165) is 12.1 Å². The van der Waals surface area contributed by atoms with E-state index in [-0.39, 0.29) is 41.0 Å². The zero-order chi connectivity index (χ0) is 21.7. The van der Waals surface area contributed by atoms with Crippen LogP contribution in [0.4, 0.5) is 18.9 Å². The predicted octanol–water partition coefficient (Wildman–Crippen LogP) is 3.55. The van der Waals surface area contributed by atoms with Gasteiger partial charge in [-0.25, -0.2) is 8.42 Å². The van der Waals surface area contributed by atoms with E-state index < -0.39 is 21.8 Å². The molecule has 0 aliphatic heterocycles. The highest BCUT2D eigenvalue weighted by Crippen LogP contribution is 2.37. The summed E-state index contributed by atoms with van der Waals surface area (Å²) in [6.45, 7) is 0.177. The molecule has 0 radical (unpaired) electrons. The summed E-state index contributed by atoms with van der Waals surface area (Å²) in [7, 11) is -0.297. The van der Waals surface area contributed by atoms with Crippen LogP contribution in [0.25, 0.3) is 0 Å². The lowest BCUT2D eigenvalue weighted by molar-refractivity contribution is -0.137. The highest BCUT2D eigenvalue weighted by Gasteiger charge is 2.32. The first-order valence-corrected chi connectivity index (χ1v) is 9.68. The molecule has 2 aromatic carbocycles. The summed E-state index contributed by atoms with van der Waals surface area (Å²) in [6, 6.07) is 6.55. The van der Waals surface area contributed by atoms with E-state index in [9.17, 15) is 21.6 Å². The minimum atomic E-state index is -4.67. The van der Waals surface area contributed by atoms with Crippen LogP contribution in [-0.4, -0.2) is 43.0 Å². The van der Waals surface area contributed by atoms with Crippen LogP contribution in [-0.2, 0) is 20.9 Å². The smallest absolute Gasteiger partial charge is 0.416 e. The molecule has 0 aliphatic rings. The standard InChI is InChI=1S/C18H20F3NO6S/c1-25-8-9-28-15-6-4-12(18(19,20)21)10-14(15)22-29(23,24)17-11-13(26-2)5-7-16(17)27-3/h4-7,10-11,22H,8-9H2,1-3H3. The Morgan fingerprint density at radius 1 is 0.931 bits per heavy atom. The van der Waals surface area contributed by atoms with Gasteiger partial charge in [0.2, 0.25) is 0 Å². The molecule has 160 valence electrons. The van der Waals surface area contributed by atoms with Crippen LogP contribution in [0.15, 0.2) is 41.3 Å². The molecule has 2 aromatic rings. The van der Waals surface area contributed by atoms with Gasteiger partial charge in [-0.1, -0.05) is 0 Å². The van der Waals surface area contributed by atoms with Gasteiger partial charge in [-0.2, -0.15) is 13.2 Å². The quantitative estimate of drug-likeness (QED) is 0.607. The van der Waals surface area contributed by atoms with Gasteiger partial charge in [0.1, 0.15) is 28.8 Å². The Bertz CT molecular complexity index is 947. The van der Waals surface area contributed by atoms with Crippen LogP contribution in [0, 0.1) is 0 Å². The number of rotatable bonds is 9. The Balaban J connectivity index is 2.49. The number of ether oxygens (including phenoxy) is 4. The highest BCUT2D eigenvalue weighted by molar-refractivity contribution is 7.92. The molecular formula is C18H20F3NO6S. The van der Waals surface area contributed by atoms with Gasteiger partial charge in [0.25, 0.3) is 10.0 Å². The number of halogens is 3. The zero-order valence-corrected chi connectivity index (χ0v) is 16.7. The summed E-state index contributed by atoms with van der Waals surface area (Å²) in [4.78, 5) is -0.306. The molecule has 0 heterocycles. The molecule has 0 aromatic heterocycles. The van der Waals surface area contributed by atoms with E-state index in [4.69, 9.17) is 18.9 Å². The van der Waals surface area contributed by atoms with Gasteiger partial charge in [-0.3, -0.25) is 4.72 Å². The Morgan fingerprint density at radius 2 is 1.62 bits per heavy atom. The molecule has 0 unspecified atom stereocenters. The predicted molar refractivity (Wildman–Crippen MR) is 99.2 cm³/mol. The fourth-order valence-electron chi connectivity index (χ4n) is 2.34. The second kappa shape index (κ2) is 9.23. The largest absolute Gasteiger partial charge is 0.497 e. The zero-order valence-electron chi connectivity index (χ0n) is 15.9. The number of alkyl halides is 3. The highest BCUT2D eigenvalue weighted by atomic mass is 32.2. The summed E-state index contributed by atoms with van der Waals surface area (Å²) in [5.74, 6) is 0.138. The number of hydrogen-bond donors (Lipinski definition) is 1. The lowest BCUT2D eigenvalue weighted by atomic mass is 10.2. The van der Waals surface area contributed by atoms with Crippen LogP contribution < -0.4 is 18.9 Å². The Labute approximate surface area is 166 Å². The van der Waals surface area contributed by atoms with Crippen molar-refractivity contribution in [3.8, 4) is 17.2 Å². The summed E-state index contributed by atoms with van der Waals surface area (Å²) in [5, 5.41) is 0. The van der Waals surface area contributed by atoms with Crippen LogP contribution in [0.5, 0.6) is 17.2 Å². The molecule has 0 bridgehead atoms. The average molecular weight is 435 g/mol. The minimum Gasteiger partial charge on any atom is -0.497 e. The lowest BCUT2D eigenvalue weighted by Crippen LogP contribution is -2.17. The first-order chi connectivity index (χ1) is 13.6. The van der Waals surface area contributed by atoms with Crippen molar-refractivity contribution in [3.05, 3.63) is 42.0 Å². The van der Waals surface area contributed by atoms with Gasteiger partial charge in [0.05, 0.1) is 32.1 Å². The Hall–Kier alpha value is -2.66. The van der Waals surface area contributed by atoms with Crippen LogP contribution in [0.2, 0.25) is 0 Å². The summed E-state index contributed by atoms with van der Waals surface area (Å²) in [6.07, 6.45) is -4.67. The van der Waals surface area contributed by atoms with E-state index in [2.05, 4.69) is 4.72 Å². The summed E-state index contributed by atoms with van der Waals surface area (Å²) in [5.41, 5.74) is -1.41. The van der Waals surface area contributed by atoms with Gasteiger partial charge >= 0.3 is 6.18 Å². The first kappa shape index (κ1) is 22.6. The van der Waals surface area contributed by atoms with Gasteiger partial charge in [0, 0.05) is 13.2 Å². The van der Waals surface area contributed by atoms with Crippen molar-refractivity contribution in [1.82, 2.24) is 0 Å². The molecule has 0 amide bonds. The summed E-state index contributed by atoms with van der Waals surface area (Å²) < 4.78 is 87.5. The van der Waals surface area contributed by atoms with Crippen LogP contribution in [0.3, 0.4) is 0 Å². The summed E-state index contributed by atoms with van der Waals surface area (Å²) >= 11 is 0.